The van der Waals surface area contributed by atoms with Crippen molar-refractivity contribution in [2.24, 2.45) is 0 Å². The highest BCUT2D eigenvalue weighted by atomic mass is 19.4. The van der Waals surface area contributed by atoms with E-state index in [4.69, 9.17) is 10.5 Å². The Bertz CT molecular complexity index is 862. The van der Waals surface area contributed by atoms with E-state index in [1.807, 2.05) is 30.3 Å². The van der Waals surface area contributed by atoms with Gasteiger partial charge in [0.1, 0.15) is 18.1 Å². The van der Waals surface area contributed by atoms with Crippen LogP contribution in [0.1, 0.15) is 5.56 Å². The van der Waals surface area contributed by atoms with Gasteiger partial charge in [0, 0.05) is 11.3 Å². The molecule has 0 aromatic heterocycles. The fourth-order valence-corrected chi connectivity index (χ4v) is 2.45. The molecule has 0 bridgehead atoms. The van der Waals surface area contributed by atoms with Crippen molar-refractivity contribution < 1.29 is 22.6 Å². The smallest absolute Gasteiger partial charge is 0.489 e. The highest BCUT2D eigenvalue weighted by molar-refractivity contribution is 5.77. The van der Waals surface area contributed by atoms with Crippen LogP contribution in [0.15, 0.2) is 72.8 Å². The second-order valence-electron chi connectivity index (χ2n) is 5.60. The van der Waals surface area contributed by atoms with E-state index < -0.39 is 6.36 Å². The minimum atomic E-state index is -4.75. The van der Waals surface area contributed by atoms with Crippen molar-refractivity contribution >= 4 is 5.69 Å². The molecule has 0 spiro atoms. The lowest BCUT2D eigenvalue weighted by molar-refractivity contribution is -0.274. The van der Waals surface area contributed by atoms with Crippen molar-refractivity contribution in [2.75, 3.05) is 5.73 Å². The molecule has 26 heavy (non-hydrogen) atoms. The number of ether oxygens (including phenoxy) is 2. The Balaban J connectivity index is 1.74. The van der Waals surface area contributed by atoms with E-state index in [-0.39, 0.29) is 5.75 Å². The van der Waals surface area contributed by atoms with Gasteiger partial charge < -0.3 is 15.2 Å². The van der Waals surface area contributed by atoms with Crippen LogP contribution in [0.25, 0.3) is 11.1 Å². The first-order chi connectivity index (χ1) is 12.4. The van der Waals surface area contributed by atoms with Crippen LogP contribution < -0.4 is 15.2 Å². The summed E-state index contributed by atoms with van der Waals surface area (Å²) in [4.78, 5) is 0. The van der Waals surface area contributed by atoms with Crippen LogP contribution in [0.3, 0.4) is 0 Å². The van der Waals surface area contributed by atoms with Crippen molar-refractivity contribution in [1.82, 2.24) is 0 Å². The fraction of sp³-hybridized carbons (Fsp3) is 0.100. The first-order valence-electron chi connectivity index (χ1n) is 7.83. The van der Waals surface area contributed by atoms with Gasteiger partial charge in [-0.1, -0.05) is 42.5 Å². The van der Waals surface area contributed by atoms with E-state index in [9.17, 15) is 13.2 Å². The van der Waals surface area contributed by atoms with Crippen molar-refractivity contribution in [3.8, 4) is 22.6 Å². The van der Waals surface area contributed by atoms with Gasteiger partial charge in [0.15, 0.2) is 0 Å². The minimum absolute atomic E-state index is 0.314. The van der Waals surface area contributed by atoms with Gasteiger partial charge in [0.25, 0.3) is 0 Å². The molecule has 0 unspecified atom stereocenters. The maximum Gasteiger partial charge on any atom is 0.573 e. The Morgan fingerprint density at radius 2 is 1.46 bits per heavy atom. The molecule has 0 saturated carbocycles. The van der Waals surface area contributed by atoms with Gasteiger partial charge in [0.2, 0.25) is 0 Å². The second-order valence-corrected chi connectivity index (χ2v) is 5.60. The van der Waals surface area contributed by atoms with Gasteiger partial charge >= 0.3 is 6.36 Å². The molecule has 0 saturated heterocycles. The van der Waals surface area contributed by atoms with Crippen molar-refractivity contribution in [2.45, 2.75) is 13.0 Å². The summed E-state index contributed by atoms with van der Waals surface area (Å²) in [6.45, 7) is 0.428. The van der Waals surface area contributed by atoms with Gasteiger partial charge in [-0.05, 0) is 41.5 Å². The van der Waals surface area contributed by atoms with Crippen LogP contribution >= 0.6 is 0 Å². The first-order valence-corrected chi connectivity index (χ1v) is 7.83. The molecule has 0 atom stereocenters. The molecule has 0 heterocycles. The number of halogens is 3. The number of hydrogen-bond donors (Lipinski definition) is 1. The fourth-order valence-electron chi connectivity index (χ4n) is 2.45. The number of rotatable bonds is 5. The number of nitrogen functional groups attached to an aromatic ring is 1. The van der Waals surface area contributed by atoms with Crippen molar-refractivity contribution in [1.29, 1.82) is 0 Å². The summed E-state index contributed by atoms with van der Waals surface area (Å²) in [7, 11) is 0. The predicted octanol–water partition coefficient (Wildman–Crippen LogP) is 5.41. The van der Waals surface area contributed by atoms with Crippen LogP contribution in [-0.4, -0.2) is 6.36 Å². The maximum absolute atomic E-state index is 12.4. The summed E-state index contributed by atoms with van der Waals surface area (Å²) >= 11 is 0. The van der Waals surface area contributed by atoms with Crippen LogP contribution in [0.5, 0.6) is 11.5 Å². The molecule has 3 rings (SSSR count). The van der Waals surface area contributed by atoms with Gasteiger partial charge in [-0.15, -0.1) is 13.2 Å². The standard InChI is InChI=1S/C20H16F3NO2/c21-20(22,23)26-17-10-11-19(24)18(12-17)15-6-8-16(9-7-15)25-13-14-4-2-1-3-5-14/h1-12H,13,24H2. The molecule has 3 aromatic rings. The largest absolute Gasteiger partial charge is 0.573 e. The van der Waals surface area contributed by atoms with E-state index in [2.05, 4.69) is 4.74 Å². The highest BCUT2D eigenvalue weighted by Gasteiger charge is 2.31. The Morgan fingerprint density at radius 1 is 0.808 bits per heavy atom. The Hall–Kier alpha value is -3.15. The van der Waals surface area contributed by atoms with Crippen LogP contribution in [0, 0.1) is 0 Å². The lowest BCUT2D eigenvalue weighted by Crippen LogP contribution is -2.17. The molecule has 0 radical (unpaired) electrons. The van der Waals surface area contributed by atoms with Gasteiger partial charge in [-0.2, -0.15) is 0 Å². The molecular formula is C20H16F3NO2. The number of benzene rings is 3. The summed E-state index contributed by atoms with van der Waals surface area (Å²) < 4.78 is 46.8. The molecule has 134 valence electrons. The lowest BCUT2D eigenvalue weighted by Gasteiger charge is -2.12. The van der Waals surface area contributed by atoms with Crippen LogP contribution in [0.2, 0.25) is 0 Å². The SMILES string of the molecule is Nc1ccc(OC(F)(F)F)cc1-c1ccc(OCc2ccccc2)cc1. The first kappa shape index (κ1) is 17.7. The highest BCUT2D eigenvalue weighted by Crippen LogP contribution is 2.33. The average molecular weight is 359 g/mol. The number of hydrogen-bond acceptors (Lipinski definition) is 3. The third kappa shape index (κ3) is 4.69. The average Bonchev–Trinajstić information content (AvgIpc) is 2.62. The Morgan fingerprint density at radius 3 is 2.12 bits per heavy atom. The van der Waals surface area contributed by atoms with E-state index in [1.54, 1.807) is 24.3 Å². The number of anilines is 1. The quantitative estimate of drug-likeness (QED) is 0.619. The van der Waals surface area contributed by atoms with Gasteiger partial charge in [-0.3, -0.25) is 0 Å². The molecule has 3 nitrogen and oxygen atoms in total. The van der Waals surface area contributed by atoms with Gasteiger partial charge in [0.05, 0.1) is 0 Å². The third-order valence-corrected chi connectivity index (χ3v) is 3.67. The summed E-state index contributed by atoms with van der Waals surface area (Å²) in [5, 5.41) is 0. The van der Waals surface area contributed by atoms with Crippen molar-refractivity contribution in [3.63, 3.8) is 0 Å². The molecule has 2 N–H and O–H groups in total. The number of nitrogens with two attached hydrogens (primary N) is 1. The second kappa shape index (κ2) is 7.39. The van der Waals surface area contributed by atoms with Crippen molar-refractivity contribution in [3.05, 3.63) is 78.4 Å². The normalized spacial score (nSPS) is 11.2. The molecule has 0 fully saturated rings. The number of alkyl halides is 3. The van der Waals surface area contributed by atoms with E-state index in [1.165, 1.54) is 18.2 Å². The Labute approximate surface area is 148 Å². The van der Waals surface area contributed by atoms with Crippen LogP contribution in [-0.2, 0) is 6.61 Å². The summed E-state index contributed by atoms with van der Waals surface area (Å²) in [5.74, 6) is 0.338. The van der Waals surface area contributed by atoms with E-state index in [0.29, 0.717) is 29.2 Å². The lowest BCUT2D eigenvalue weighted by atomic mass is 10.0. The zero-order valence-corrected chi connectivity index (χ0v) is 13.7. The van der Waals surface area contributed by atoms with Crippen LogP contribution in [0.4, 0.5) is 18.9 Å². The zero-order chi connectivity index (χ0) is 18.6. The maximum atomic E-state index is 12.4. The predicted molar refractivity (Wildman–Crippen MR) is 93.7 cm³/mol. The van der Waals surface area contributed by atoms with E-state index in [0.717, 1.165) is 5.56 Å². The molecule has 0 amide bonds. The van der Waals surface area contributed by atoms with E-state index >= 15 is 0 Å². The van der Waals surface area contributed by atoms with Gasteiger partial charge in [-0.25, -0.2) is 0 Å². The molecule has 0 aliphatic rings. The Kier molecular flexibility index (Phi) is 5.02. The summed E-state index contributed by atoms with van der Waals surface area (Å²) in [6, 6.07) is 20.5. The molecule has 0 aliphatic heterocycles. The third-order valence-electron chi connectivity index (χ3n) is 3.67. The summed E-state index contributed by atoms with van der Waals surface area (Å²) in [5.41, 5.74) is 8.42. The topological polar surface area (TPSA) is 44.5 Å². The molecular weight excluding hydrogens is 343 g/mol. The molecule has 3 aromatic carbocycles. The minimum Gasteiger partial charge on any atom is -0.489 e. The summed E-state index contributed by atoms with van der Waals surface area (Å²) in [6.07, 6.45) is -4.75. The molecule has 0 aliphatic carbocycles. The molecule has 6 heteroatoms. The zero-order valence-electron chi connectivity index (χ0n) is 13.7. The monoisotopic (exact) mass is 359 g/mol.